The van der Waals surface area contributed by atoms with Crippen LogP contribution < -0.4 is 19.7 Å². The number of rotatable bonds is 4. The van der Waals surface area contributed by atoms with Gasteiger partial charge in [0.15, 0.2) is 11.5 Å². The maximum absolute atomic E-state index is 13.0. The van der Waals surface area contributed by atoms with Crippen molar-refractivity contribution in [2.45, 2.75) is 17.9 Å². The number of likely N-dealkylation sites (N-methyl/N-ethyl adjacent to an activating group) is 1. The molecule has 1 N–H and O–H groups in total. The molecule has 3 aromatic carbocycles. The number of amides is 2. The quantitative estimate of drug-likeness (QED) is 0.538. The standard InChI is InChI=1S/C27H24N2O4S/c1-17(19-8-10-22-23(16-19)33-13-12-32-22)28-26(30)20-9-11-24-21(15-20)29(2)27(31)25(34-24)14-18-6-4-3-5-7-18/h3-11,14-17H,12-13H2,1-2H3,(H,28,30)/b25-14+/t17-/m0/s1. The second kappa shape index (κ2) is 9.27. The molecule has 0 aromatic heterocycles. The van der Waals surface area contributed by atoms with Crippen molar-refractivity contribution in [1.82, 2.24) is 5.32 Å². The van der Waals surface area contributed by atoms with Gasteiger partial charge in [-0.05, 0) is 54.5 Å². The van der Waals surface area contributed by atoms with Gasteiger partial charge in [0.2, 0.25) is 0 Å². The van der Waals surface area contributed by atoms with Crippen LogP contribution in [-0.2, 0) is 4.79 Å². The lowest BCUT2D eigenvalue weighted by Gasteiger charge is -2.27. The fourth-order valence-electron chi connectivity index (χ4n) is 3.93. The Morgan fingerprint density at radius 3 is 2.59 bits per heavy atom. The molecular weight excluding hydrogens is 448 g/mol. The molecule has 0 saturated heterocycles. The van der Waals surface area contributed by atoms with Crippen LogP contribution >= 0.6 is 11.8 Å². The number of ether oxygens (including phenoxy) is 2. The first-order valence-corrected chi connectivity index (χ1v) is 11.9. The highest BCUT2D eigenvalue weighted by Gasteiger charge is 2.27. The molecule has 2 aliphatic heterocycles. The maximum atomic E-state index is 13.0. The van der Waals surface area contributed by atoms with Gasteiger partial charge in [0.05, 0.1) is 16.6 Å². The van der Waals surface area contributed by atoms with Gasteiger partial charge in [0, 0.05) is 17.5 Å². The maximum Gasteiger partial charge on any atom is 0.264 e. The molecule has 0 fully saturated rings. The molecule has 0 unspecified atom stereocenters. The van der Waals surface area contributed by atoms with Crippen molar-refractivity contribution in [3.63, 3.8) is 0 Å². The van der Waals surface area contributed by atoms with Crippen LogP contribution in [0.15, 0.2) is 76.5 Å². The Hall–Kier alpha value is -3.71. The molecular formula is C27H24N2O4S. The molecule has 3 aromatic rings. The molecule has 2 aliphatic rings. The predicted molar refractivity (Wildman–Crippen MR) is 133 cm³/mol. The molecule has 172 valence electrons. The first-order valence-electron chi connectivity index (χ1n) is 11.1. The number of carbonyl (C=O) groups excluding carboxylic acids is 2. The zero-order chi connectivity index (χ0) is 23.7. The van der Waals surface area contributed by atoms with Crippen molar-refractivity contribution in [3.05, 3.63) is 88.3 Å². The molecule has 1 atom stereocenters. The second-order valence-corrected chi connectivity index (χ2v) is 9.25. The number of anilines is 1. The lowest BCUT2D eigenvalue weighted by atomic mass is 10.1. The highest BCUT2D eigenvalue weighted by molar-refractivity contribution is 8.04. The summed E-state index contributed by atoms with van der Waals surface area (Å²) < 4.78 is 11.2. The van der Waals surface area contributed by atoms with Gasteiger partial charge in [-0.25, -0.2) is 0 Å². The van der Waals surface area contributed by atoms with Gasteiger partial charge in [-0.3, -0.25) is 9.59 Å². The Morgan fingerprint density at radius 1 is 1.03 bits per heavy atom. The van der Waals surface area contributed by atoms with Crippen LogP contribution in [0, 0.1) is 0 Å². The van der Waals surface area contributed by atoms with Crippen molar-refractivity contribution >= 4 is 35.3 Å². The summed E-state index contributed by atoms with van der Waals surface area (Å²) in [4.78, 5) is 29.2. The van der Waals surface area contributed by atoms with Crippen molar-refractivity contribution in [1.29, 1.82) is 0 Å². The highest BCUT2D eigenvalue weighted by atomic mass is 32.2. The van der Waals surface area contributed by atoms with Crippen LogP contribution in [0.1, 0.15) is 34.5 Å². The number of nitrogens with one attached hydrogen (secondary N) is 1. The van der Waals surface area contributed by atoms with E-state index in [0.717, 1.165) is 21.7 Å². The largest absolute Gasteiger partial charge is 0.486 e. The Kier molecular flexibility index (Phi) is 6.02. The van der Waals surface area contributed by atoms with Crippen LogP contribution in [-0.4, -0.2) is 32.1 Å². The minimum Gasteiger partial charge on any atom is -0.486 e. The molecule has 0 saturated carbocycles. The number of fused-ring (bicyclic) bond motifs is 2. The summed E-state index contributed by atoms with van der Waals surface area (Å²) in [6.07, 6.45) is 1.89. The van der Waals surface area contributed by atoms with Crippen molar-refractivity contribution in [2.24, 2.45) is 0 Å². The topological polar surface area (TPSA) is 67.9 Å². The minimum absolute atomic E-state index is 0.0939. The monoisotopic (exact) mass is 472 g/mol. The summed E-state index contributed by atoms with van der Waals surface area (Å²) >= 11 is 1.42. The van der Waals surface area contributed by atoms with Crippen LogP contribution in [0.25, 0.3) is 6.08 Å². The summed E-state index contributed by atoms with van der Waals surface area (Å²) in [5, 5.41) is 3.04. The predicted octanol–water partition coefficient (Wildman–Crippen LogP) is 5.06. The van der Waals surface area contributed by atoms with Crippen molar-refractivity contribution in [2.75, 3.05) is 25.2 Å². The summed E-state index contributed by atoms with van der Waals surface area (Å²) in [7, 11) is 1.74. The second-order valence-electron chi connectivity index (χ2n) is 8.17. The lowest BCUT2D eigenvalue weighted by molar-refractivity contribution is -0.114. The Bertz CT molecular complexity index is 1290. The molecule has 34 heavy (non-hydrogen) atoms. The number of thioether (sulfide) groups is 1. The minimum atomic E-state index is -0.228. The summed E-state index contributed by atoms with van der Waals surface area (Å²) in [6.45, 7) is 2.97. The Morgan fingerprint density at radius 2 is 1.79 bits per heavy atom. The molecule has 5 rings (SSSR count). The van der Waals surface area contributed by atoms with Gasteiger partial charge in [0.1, 0.15) is 13.2 Å². The van der Waals surface area contributed by atoms with E-state index in [4.69, 9.17) is 9.47 Å². The summed E-state index contributed by atoms with van der Waals surface area (Å²) in [6, 6.07) is 20.7. The zero-order valence-corrected chi connectivity index (χ0v) is 19.7. The van der Waals surface area contributed by atoms with E-state index in [1.165, 1.54) is 11.8 Å². The first-order chi connectivity index (χ1) is 16.5. The lowest BCUT2D eigenvalue weighted by Crippen LogP contribution is -2.31. The molecule has 2 heterocycles. The van der Waals surface area contributed by atoms with E-state index < -0.39 is 0 Å². The van der Waals surface area contributed by atoms with Crippen LogP contribution in [0.5, 0.6) is 11.5 Å². The van der Waals surface area contributed by atoms with Gasteiger partial charge in [0.25, 0.3) is 11.8 Å². The zero-order valence-electron chi connectivity index (χ0n) is 18.9. The van der Waals surface area contributed by atoms with E-state index in [2.05, 4.69) is 5.32 Å². The fourth-order valence-corrected chi connectivity index (χ4v) is 5.02. The number of carbonyl (C=O) groups is 2. The van der Waals surface area contributed by atoms with Gasteiger partial charge in [-0.1, -0.05) is 48.2 Å². The molecule has 0 radical (unpaired) electrons. The number of hydrogen-bond acceptors (Lipinski definition) is 5. The molecule has 6 nitrogen and oxygen atoms in total. The van der Waals surface area contributed by atoms with Gasteiger partial charge in [-0.15, -0.1) is 0 Å². The van der Waals surface area contributed by atoms with E-state index in [-0.39, 0.29) is 17.9 Å². The molecule has 0 bridgehead atoms. The average molecular weight is 473 g/mol. The van der Waals surface area contributed by atoms with E-state index in [1.807, 2.05) is 67.6 Å². The van der Waals surface area contributed by atoms with Gasteiger partial charge < -0.3 is 19.7 Å². The van der Waals surface area contributed by atoms with E-state index in [9.17, 15) is 9.59 Å². The highest BCUT2D eigenvalue weighted by Crippen LogP contribution is 2.42. The van der Waals surface area contributed by atoms with Crippen LogP contribution in [0.4, 0.5) is 5.69 Å². The van der Waals surface area contributed by atoms with E-state index in [0.29, 0.717) is 35.2 Å². The Balaban J connectivity index is 1.34. The van der Waals surface area contributed by atoms with Crippen molar-refractivity contribution < 1.29 is 19.1 Å². The van der Waals surface area contributed by atoms with Gasteiger partial charge >= 0.3 is 0 Å². The fraction of sp³-hybridized carbons (Fsp3) is 0.185. The smallest absolute Gasteiger partial charge is 0.264 e. The summed E-state index contributed by atoms with van der Waals surface area (Å²) in [5.74, 6) is 1.11. The van der Waals surface area contributed by atoms with Crippen LogP contribution in [0.3, 0.4) is 0 Å². The third-order valence-corrected chi connectivity index (χ3v) is 6.91. The molecule has 7 heteroatoms. The SMILES string of the molecule is C[C@H](NC(=O)c1ccc2c(c1)N(C)C(=O)/C(=C\c1ccccc1)S2)c1ccc2c(c1)OCCO2. The molecule has 0 spiro atoms. The molecule has 0 aliphatic carbocycles. The number of nitrogens with zero attached hydrogens (tertiary/aromatic N) is 1. The molecule has 2 amide bonds. The normalized spacial score (nSPS) is 16.7. The third kappa shape index (κ3) is 4.39. The third-order valence-electron chi connectivity index (χ3n) is 5.83. The van der Waals surface area contributed by atoms with E-state index in [1.54, 1.807) is 24.1 Å². The van der Waals surface area contributed by atoms with E-state index >= 15 is 0 Å². The number of hydrogen-bond donors (Lipinski definition) is 1. The first kappa shape index (κ1) is 22.1. The van der Waals surface area contributed by atoms with Crippen LogP contribution in [0.2, 0.25) is 0 Å². The van der Waals surface area contributed by atoms with Gasteiger partial charge in [-0.2, -0.15) is 0 Å². The van der Waals surface area contributed by atoms with Crippen molar-refractivity contribution in [3.8, 4) is 11.5 Å². The summed E-state index contributed by atoms with van der Waals surface area (Å²) in [5.41, 5.74) is 3.12. The Labute approximate surface area is 202 Å². The average Bonchev–Trinajstić information content (AvgIpc) is 2.87. The number of benzene rings is 3.